The van der Waals surface area contributed by atoms with Crippen molar-refractivity contribution in [1.82, 2.24) is 20.1 Å². The Morgan fingerprint density at radius 1 is 1.33 bits per heavy atom. The molecule has 0 spiro atoms. The monoisotopic (exact) mass is 347 g/mol. The van der Waals surface area contributed by atoms with Crippen molar-refractivity contribution < 1.29 is 9.53 Å². The van der Waals surface area contributed by atoms with Crippen LogP contribution in [-0.4, -0.2) is 64.7 Å². The first-order valence-electron chi connectivity index (χ1n) is 7.95. The predicted molar refractivity (Wildman–Crippen MR) is 95.9 cm³/mol. The number of benzene rings is 1. The molecule has 2 aliphatic heterocycles. The Morgan fingerprint density at radius 2 is 2.08 bits per heavy atom. The zero-order valence-electron chi connectivity index (χ0n) is 14.0. The number of hydrazone groups is 1. The van der Waals surface area contributed by atoms with Gasteiger partial charge in [0.2, 0.25) is 0 Å². The fraction of sp³-hybridized carbons (Fsp3) is 0.438. The summed E-state index contributed by atoms with van der Waals surface area (Å²) in [6, 6.07) is 7.62. The molecule has 0 aliphatic carbocycles. The van der Waals surface area contributed by atoms with E-state index in [-0.39, 0.29) is 18.4 Å². The first-order valence-corrected chi connectivity index (χ1v) is 8.36. The van der Waals surface area contributed by atoms with E-state index in [1.165, 1.54) is 0 Å². The maximum Gasteiger partial charge on any atom is 0.323 e. The minimum atomic E-state index is -0.225. The van der Waals surface area contributed by atoms with Gasteiger partial charge in [0.1, 0.15) is 11.9 Å². The number of rotatable bonds is 5. The first-order chi connectivity index (χ1) is 11.6. The lowest BCUT2D eigenvalue weighted by Crippen LogP contribution is -2.43. The summed E-state index contributed by atoms with van der Waals surface area (Å²) in [5, 5.41) is 9.95. The molecule has 2 aliphatic rings. The molecule has 2 saturated heterocycles. The Hall–Kier alpha value is -2.35. The molecule has 8 heteroatoms. The van der Waals surface area contributed by atoms with Crippen LogP contribution in [0.4, 0.5) is 4.79 Å². The molecule has 24 heavy (non-hydrogen) atoms. The summed E-state index contributed by atoms with van der Waals surface area (Å²) in [6.07, 6.45) is 1.33. The number of hydrogen-bond acceptors (Lipinski definition) is 4. The third kappa shape index (κ3) is 2.66. The summed E-state index contributed by atoms with van der Waals surface area (Å²) in [5.74, 6) is 0.766. The number of thiocarbonyl (C=S) groups is 1. The van der Waals surface area contributed by atoms with Gasteiger partial charge >= 0.3 is 6.03 Å². The average molecular weight is 347 g/mol. The van der Waals surface area contributed by atoms with Crippen molar-refractivity contribution in [3.8, 4) is 5.75 Å². The van der Waals surface area contributed by atoms with Crippen LogP contribution in [0.1, 0.15) is 19.4 Å². The van der Waals surface area contributed by atoms with Crippen LogP contribution < -0.4 is 10.1 Å². The average Bonchev–Trinajstić information content (AvgIpc) is 3.04. The number of urea groups is 1. The minimum Gasteiger partial charge on any atom is -0.497 e. The Balaban J connectivity index is 1.86. The van der Waals surface area contributed by atoms with E-state index in [0.29, 0.717) is 18.2 Å². The molecule has 1 aromatic carbocycles. The Labute approximate surface area is 146 Å². The highest BCUT2D eigenvalue weighted by atomic mass is 32.1. The van der Waals surface area contributed by atoms with Crippen LogP contribution >= 0.6 is 12.2 Å². The van der Waals surface area contributed by atoms with E-state index in [4.69, 9.17) is 17.0 Å². The molecular formula is C16H21N5O2S. The maximum absolute atomic E-state index is 12.5. The normalized spacial score (nSPS) is 23.2. The van der Waals surface area contributed by atoms with E-state index in [1.54, 1.807) is 28.1 Å². The third-order valence-electron chi connectivity index (χ3n) is 4.27. The quantitative estimate of drug-likeness (QED) is 0.648. The first kappa shape index (κ1) is 16.5. The van der Waals surface area contributed by atoms with Crippen LogP contribution in [0, 0.1) is 0 Å². The van der Waals surface area contributed by atoms with Gasteiger partial charge in [0.05, 0.1) is 13.3 Å². The molecule has 0 radical (unpaired) electrons. The van der Waals surface area contributed by atoms with Gasteiger partial charge in [-0.2, -0.15) is 5.10 Å². The van der Waals surface area contributed by atoms with Gasteiger partial charge in [-0.15, -0.1) is 0 Å². The van der Waals surface area contributed by atoms with E-state index in [2.05, 4.69) is 10.4 Å². The van der Waals surface area contributed by atoms with Gasteiger partial charge in [-0.3, -0.25) is 4.90 Å². The van der Waals surface area contributed by atoms with Gasteiger partial charge in [0.15, 0.2) is 11.3 Å². The van der Waals surface area contributed by atoms with E-state index in [1.807, 2.05) is 38.1 Å². The summed E-state index contributed by atoms with van der Waals surface area (Å²) in [6.45, 7) is 5.14. The number of nitrogens with one attached hydrogen (secondary N) is 1. The van der Waals surface area contributed by atoms with E-state index >= 15 is 0 Å². The topological polar surface area (TPSA) is 60.4 Å². The number of carbonyl (C=O) groups excluding carboxylic acids is 1. The minimum absolute atomic E-state index is 0.00609. The number of carbonyl (C=O) groups is 1. The summed E-state index contributed by atoms with van der Waals surface area (Å²) < 4.78 is 5.22. The van der Waals surface area contributed by atoms with E-state index < -0.39 is 0 Å². The van der Waals surface area contributed by atoms with Crippen LogP contribution in [0.3, 0.4) is 0 Å². The van der Waals surface area contributed by atoms with Crippen LogP contribution in [0.15, 0.2) is 29.4 Å². The fourth-order valence-corrected chi connectivity index (χ4v) is 3.36. The van der Waals surface area contributed by atoms with Crippen molar-refractivity contribution in [3.05, 3.63) is 29.8 Å². The van der Waals surface area contributed by atoms with Gasteiger partial charge in [-0.1, -0.05) is 12.1 Å². The maximum atomic E-state index is 12.5. The lowest BCUT2D eigenvalue weighted by molar-refractivity contribution is 0.157. The number of hydrogen-bond donors (Lipinski definition) is 1. The number of nitrogens with zero attached hydrogens (tertiary/aromatic N) is 4. The number of amides is 2. The molecule has 128 valence electrons. The standard InChI is InChI=1S/C16H21N5O2S/c1-4-19-13-14(20(5-2)16(19)22)21(15(24)18-13)17-10-11-7-6-8-12(9-11)23-3/h6-10,13-14H,4-5H2,1-3H3,(H,18,24)/b17-10+. The third-order valence-corrected chi connectivity index (χ3v) is 4.57. The Kier molecular flexibility index (Phi) is 4.57. The lowest BCUT2D eigenvalue weighted by atomic mass is 10.2. The zero-order valence-corrected chi connectivity index (χ0v) is 14.8. The second-order valence-corrected chi connectivity index (χ2v) is 5.91. The Morgan fingerprint density at radius 3 is 2.75 bits per heavy atom. The van der Waals surface area contributed by atoms with Gasteiger partial charge in [0, 0.05) is 13.1 Å². The van der Waals surface area contributed by atoms with Crippen molar-refractivity contribution >= 4 is 29.6 Å². The highest BCUT2D eigenvalue weighted by Crippen LogP contribution is 2.29. The highest BCUT2D eigenvalue weighted by Gasteiger charge is 2.53. The summed E-state index contributed by atoms with van der Waals surface area (Å²) in [7, 11) is 1.63. The van der Waals surface area contributed by atoms with Gasteiger partial charge in [-0.05, 0) is 43.8 Å². The van der Waals surface area contributed by atoms with Gasteiger partial charge < -0.3 is 15.0 Å². The second-order valence-electron chi connectivity index (χ2n) is 5.53. The summed E-state index contributed by atoms with van der Waals surface area (Å²) >= 11 is 5.41. The van der Waals surface area contributed by atoms with Crippen molar-refractivity contribution in [2.45, 2.75) is 26.2 Å². The van der Waals surface area contributed by atoms with Crippen molar-refractivity contribution in [2.75, 3.05) is 20.2 Å². The number of methoxy groups -OCH3 is 1. The zero-order chi connectivity index (χ0) is 17.3. The molecule has 3 rings (SSSR count). The van der Waals surface area contributed by atoms with Gasteiger partial charge in [-0.25, -0.2) is 9.80 Å². The van der Waals surface area contributed by atoms with Crippen molar-refractivity contribution in [1.29, 1.82) is 0 Å². The van der Waals surface area contributed by atoms with Crippen molar-refractivity contribution in [2.24, 2.45) is 5.10 Å². The van der Waals surface area contributed by atoms with Gasteiger partial charge in [0.25, 0.3) is 0 Å². The molecule has 7 nitrogen and oxygen atoms in total. The summed E-state index contributed by atoms with van der Waals surface area (Å²) in [4.78, 5) is 16.0. The fourth-order valence-electron chi connectivity index (χ4n) is 3.09. The van der Waals surface area contributed by atoms with Crippen LogP contribution in [0.5, 0.6) is 5.75 Å². The molecule has 0 bridgehead atoms. The molecule has 2 unspecified atom stereocenters. The number of likely N-dealkylation sites (N-methyl/N-ethyl adjacent to an activating group) is 2. The van der Waals surface area contributed by atoms with Crippen LogP contribution in [0.2, 0.25) is 0 Å². The molecule has 2 amide bonds. The number of ether oxygens (including phenoxy) is 1. The van der Waals surface area contributed by atoms with Crippen LogP contribution in [0.25, 0.3) is 0 Å². The second kappa shape index (κ2) is 6.64. The van der Waals surface area contributed by atoms with E-state index in [0.717, 1.165) is 11.3 Å². The largest absolute Gasteiger partial charge is 0.497 e. The number of fused-ring (bicyclic) bond motifs is 1. The molecule has 2 heterocycles. The summed E-state index contributed by atoms with van der Waals surface area (Å²) in [5.41, 5.74) is 0.903. The lowest BCUT2D eigenvalue weighted by Gasteiger charge is -2.25. The Bertz CT molecular complexity index is 680. The molecule has 2 fully saturated rings. The molecule has 1 N–H and O–H groups in total. The molecule has 1 aromatic rings. The van der Waals surface area contributed by atoms with Crippen molar-refractivity contribution in [3.63, 3.8) is 0 Å². The molecule has 0 saturated carbocycles. The molecule has 2 atom stereocenters. The predicted octanol–water partition coefficient (Wildman–Crippen LogP) is 1.65. The molecular weight excluding hydrogens is 326 g/mol. The smallest absolute Gasteiger partial charge is 0.323 e. The van der Waals surface area contributed by atoms with E-state index in [9.17, 15) is 4.79 Å². The highest BCUT2D eigenvalue weighted by molar-refractivity contribution is 7.80. The SMILES string of the molecule is CCN1C(=O)N(CC)C2C1NC(=S)N2/N=C/c1cccc(OC)c1. The molecule has 0 aromatic heterocycles. The van der Waals surface area contributed by atoms with Crippen LogP contribution in [-0.2, 0) is 0 Å².